The van der Waals surface area contributed by atoms with Crippen molar-refractivity contribution in [2.75, 3.05) is 13.7 Å². The Morgan fingerprint density at radius 2 is 1.95 bits per heavy atom. The van der Waals surface area contributed by atoms with Gasteiger partial charge in [-0.2, -0.15) is 0 Å². The van der Waals surface area contributed by atoms with Crippen molar-refractivity contribution < 1.29 is 9.13 Å². The van der Waals surface area contributed by atoms with Gasteiger partial charge >= 0.3 is 0 Å². The molecule has 2 aromatic rings. The van der Waals surface area contributed by atoms with E-state index in [9.17, 15) is 4.39 Å². The van der Waals surface area contributed by atoms with Crippen LogP contribution < -0.4 is 10.1 Å². The second-order valence-corrected chi connectivity index (χ2v) is 5.24. The van der Waals surface area contributed by atoms with Crippen LogP contribution in [0.4, 0.5) is 4.39 Å². The lowest BCUT2D eigenvalue weighted by Gasteiger charge is -2.12. The molecule has 0 aromatic heterocycles. The first kappa shape index (κ1) is 15.8. The molecular weight excluding hydrogens is 289 g/mol. The summed E-state index contributed by atoms with van der Waals surface area (Å²) in [6.45, 7) is 3.87. The predicted molar refractivity (Wildman–Crippen MR) is 85.4 cm³/mol. The second-order valence-electron chi connectivity index (χ2n) is 4.84. The molecule has 0 saturated carbocycles. The van der Waals surface area contributed by atoms with E-state index in [1.54, 1.807) is 13.2 Å². The number of benzene rings is 2. The normalized spacial score (nSPS) is 10.7. The highest BCUT2D eigenvalue weighted by atomic mass is 35.5. The smallest absolute Gasteiger partial charge is 0.126 e. The molecule has 1 N–H and O–H groups in total. The van der Waals surface area contributed by atoms with Crippen LogP contribution in [0.3, 0.4) is 0 Å². The van der Waals surface area contributed by atoms with E-state index in [-0.39, 0.29) is 5.82 Å². The van der Waals surface area contributed by atoms with Gasteiger partial charge in [0.15, 0.2) is 0 Å². The zero-order valence-electron chi connectivity index (χ0n) is 12.2. The third-order valence-corrected chi connectivity index (χ3v) is 3.55. The Morgan fingerprint density at radius 1 is 1.14 bits per heavy atom. The van der Waals surface area contributed by atoms with Crippen LogP contribution in [0, 0.1) is 5.82 Å². The van der Waals surface area contributed by atoms with Crippen molar-refractivity contribution in [1.82, 2.24) is 5.32 Å². The maximum absolute atomic E-state index is 13.5. The molecule has 0 bridgehead atoms. The Labute approximate surface area is 129 Å². The van der Waals surface area contributed by atoms with Crippen molar-refractivity contribution in [3.8, 4) is 16.9 Å². The number of ether oxygens (including phenoxy) is 1. The lowest BCUT2D eigenvalue weighted by atomic mass is 10.0. The van der Waals surface area contributed by atoms with Crippen LogP contribution >= 0.6 is 11.6 Å². The van der Waals surface area contributed by atoms with E-state index in [0.717, 1.165) is 30.6 Å². The molecule has 4 heteroatoms. The molecular formula is C17H19ClFNO. The molecule has 112 valence electrons. The maximum Gasteiger partial charge on any atom is 0.126 e. The van der Waals surface area contributed by atoms with E-state index in [1.165, 1.54) is 12.1 Å². The fourth-order valence-corrected chi connectivity index (χ4v) is 2.49. The predicted octanol–water partition coefficient (Wildman–Crippen LogP) is 4.65. The van der Waals surface area contributed by atoms with Crippen LogP contribution in [-0.4, -0.2) is 13.7 Å². The summed E-state index contributed by atoms with van der Waals surface area (Å²) < 4.78 is 18.8. The lowest BCUT2D eigenvalue weighted by molar-refractivity contribution is 0.415. The molecule has 0 saturated heterocycles. The Bertz CT molecular complexity index is 616. The van der Waals surface area contributed by atoms with Gasteiger partial charge in [-0.15, -0.1) is 0 Å². The first-order chi connectivity index (χ1) is 10.2. The largest absolute Gasteiger partial charge is 0.496 e. The van der Waals surface area contributed by atoms with Crippen molar-refractivity contribution in [2.45, 2.75) is 19.9 Å². The molecule has 0 radical (unpaired) electrons. The summed E-state index contributed by atoms with van der Waals surface area (Å²) in [5.41, 5.74) is 2.54. The maximum atomic E-state index is 13.5. The highest BCUT2D eigenvalue weighted by Crippen LogP contribution is 2.35. The quantitative estimate of drug-likeness (QED) is 0.784. The molecule has 0 spiro atoms. The molecule has 0 fully saturated rings. The van der Waals surface area contributed by atoms with E-state index in [2.05, 4.69) is 12.2 Å². The Kier molecular flexibility index (Phi) is 5.59. The zero-order chi connectivity index (χ0) is 15.2. The molecule has 21 heavy (non-hydrogen) atoms. The van der Waals surface area contributed by atoms with Crippen LogP contribution in [0.15, 0.2) is 36.4 Å². The number of nitrogens with one attached hydrogen (secondary N) is 1. The lowest BCUT2D eigenvalue weighted by Crippen LogP contribution is -2.13. The van der Waals surface area contributed by atoms with Crippen molar-refractivity contribution >= 4 is 11.6 Å². The monoisotopic (exact) mass is 307 g/mol. The fraction of sp³-hybridized carbons (Fsp3) is 0.294. The highest BCUT2D eigenvalue weighted by Gasteiger charge is 2.11. The van der Waals surface area contributed by atoms with Crippen LogP contribution in [0.2, 0.25) is 5.02 Å². The van der Waals surface area contributed by atoms with Crippen LogP contribution in [0.1, 0.15) is 18.9 Å². The molecule has 2 rings (SSSR count). The van der Waals surface area contributed by atoms with Gasteiger partial charge in [-0.1, -0.05) is 30.7 Å². The van der Waals surface area contributed by atoms with Gasteiger partial charge in [0.25, 0.3) is 0 Å². The first-order valence-electron chi connectivity index (χ1n) is 6.98. The van der Waals surface area contributed by atoms with Gasteiger partial charge in [0.2, 0.25) is 0 Å². The Morgan fingerprint density at radius 3 is 2.62 bits per heavy atom. The SMILES string of the molecule is CCCNCc1ccc(-c2cc(F)ccc2OC)c(Cl)c1. The molecule has 0 aliphatic carbocycles. The number of hydrogen-bond donors (Lipinski definition) is 1. The van der Waals surface area contributed by atoms with E-state index in [4.69, 9.17) is 16.3 Å². The van der Waals surface area contributed by atoms with Gasteiger partial charge in [0.1, 0.15) is 11.6 Å². The number of methoxy groups -OCH3 is 1. The molecule has 2 nitrogen and oxygen atoms in total. The van der Waals surface area contributed by atoms with Gasteiger partial charge in [0, 0.05) is 22.7 Å². The number of halogens is 2. The van der Waals surface area contributed by atoms with Gasteiger partial charge < -0.3 is 10.1 Å². The van der Waals surface area contributed by atoms with E-state index >= 15 is 0 Å². The minimum Gasteiger partial charge on any atom is -0.496 e. The third-order valence-electron chi connectivity index (χ3n) is 3.24. The molecule has 0 heterocycles. The van der Waals surface area contributed by atoms with Gasteiger partial charge in [0.05, 0.1) is 7.11 Å². The number of hydrogen-bond acceptors (Lipinski definition) is 2. The average Bonchev–Trinajstić information content (AvgIpc) is 2.48. The van der Waals surface area contributed by atoms with Gasteiger partial charge in [-0.25, -0.2) is 4.39 Å². The van der Waals surface area contributed by atoms with E-state index < -0.39 is 0 Å². The zero-order valence-corrected chi connectivity index (χ0v) is 13.0. The molecule has 0 atom stereocenters. The summed E-state index contributed by atoms with van der Waals surface area (Å²) in [4.78, 5) is 0. The highest BCUT2D eigenvalue weighted by molar-refractivity contribution is 6.33. The van der Waals surface area contributed by atoms with Crippen molar-refractivity contribution in [2.24, 2.45) is 0 Å². The van der Waals surface area contributed by atoms with E-state index in [0.29, 0.717) is 16.3 Å². The van der Waals surface area contributed by atoms with Crippen LogP contribution in [0.5, 0.6) is 5.75 Å². The summed E-state index contributed by atoms with van der Waals surface area (Å²) in [6.07, 6.45) is 1.09. The number of rotatable bonds is 6. The minimum atomic E-state index is -0.310. The molecule has 2 aromatic carbocycles. The Hall–Kier alpha value is -1.58. The fourth-order valence-electron chi connectivity index (χ4n) is 2.19. The van der Waals surface area contributed by atoms with Crippen LogP contribution in [-0.2, 0) is 6.54 Å². The Balaban J connectivity index is 2.30. The summed E-state index contributed by atoms with van der Waals surface area (Å²) in [5.74, 6) is 0.297. The summed E-state index contributed by atoms with van der Waals surface area (Å²) in [7, 11) is 1.56. The molecule has 0 aliphatic heterocycles. The van der Waals surface area contributed by atoms with Gasteiger partial charge in [-0.05, 0) is 42.8 Å². The average molecular weight is 308 g/mol. The minimum absolute atomic E-state index is 0.310. The van der Waals surface area contributed by atoms with E-state index in [1.807, 2.05) is 18.2 Å². The topological polar surface area (TPSA) is 21.3 Å². The van der Waals surface area contributed by atoms with Gasteiger partial charge in [-0.3, -0.25) is 0 Å². The van der Waals surface area contributed by atoms with Crippen molar-refractivity contribution in [3.63, 3.8) is 0 Å². The standard InChI is InChI=1S/C17H19ClFNO/c1-3-8-20-11-12-4-6-14(16(18)9-12)15-10-13(19)5-7-17(15)21-2/h4-7,9-10,20H,3,8,11H2,1-2H3. The second kappa shape index (κ2) is 7.43. The van der Waals surface area contributed by atoms with Crippen molar-refractivity contribution in [3.05, 3.63) is 52.8 Å². The third kappa shape index (κ3) is 3.96. The summed E-state index contributed by atoms with van der Waals surface area (Å²) >= 11 is 6.35. The first-order valence-corrected chi connectivity index (χ1v) is 7.36. The van der Waals surface area contributed by atoms with Crippen LogP contribution in [0.25, 0.3) is 11.1 Å². The van der Waals surface area contributed by atoms with Crippen molar-refractivity contribution in [1.29, 1.82) is 0 Å². The summed E-state index contributed by atoms with van der Waals surface area (Å²) in [6, 6.07) is 10.2. The molecule has 0 aliphatic rings. The molecule has 0 amide bonds. The molecule has 0 unspecified atom stereocenters. The summed E-state index contributed by atoms with van der Waals surface area (Å²) in [5, 5.41) is 3.92.